The highest BCUT2D eigenvalue weighted by atomic mass is 32.2. The molecule has 0 bridgehead atoms. The highest BCUT2D eigenvalue weighted by Crippen LogP contribution is 2.18. The first-order valence-corrected chi connectivity index (χ1v) is 8.02. The minimum atomic E-state index is -3.21. The molecule has 1 amide bonds. The summed E-state index contributed by atoms with van der Waals surface area (Å²) in [7, 11) is -3.21. The van der Waals surface area contributed by atoms with Crippen LogP contribution in [0.4, 0.5) is 0 Å². The van der Waals surface area contributed by atoms with Crippen molar-refractivity contribution < 1.29 is 13.2 Å². The van der Waals surface area contributed by atoms with Gasteiger partial charge in [-0.2, -0.15) is 0 Å². The summed E-state index contributed by atoms with van der Waals surface area (Å²) in [5.74, 6) is -0.380. The van der Waals surface area contributed by atoms with Gasteiger partial charge in [-0.25, -0.2) is 17.7 Å². The summed E-state index contributed by atoms with van der Waals surface area (Å²) < 4.78 is 24.3. The topological polar surface area (TPSA) is 95.2 Å². The van der Waals surface area contributed by atoms with Crippen molar-refractivity contribution in [2.45, 2.75) is 19.4 Å². The van der Waals surface area contributed by atoms with E-state index in [1.54, 1.807) is 12.5 Å². The molecule has 8 heteroatoms. The molecule has 0 spiro atoms. The van der Waals surface area contributed by atoms with Crippen LogP contribution < -0.4 is 5.32 Å². The maximum absolute atomic E-state index is 12.0. The molecule has 1 fully saturated rings. The molecule has 0 aliphatic carbocycles. The summed E-state index contributed by atoms with van der Waals surface area (Å²) in [6.07, 6.45) is 5.81. The Hall–Kier alpha value is -1.41. The van der Waals surface area contributed by atoms with Gasteiger partial charge in [0, 0.05) is 19.3 Å². The zero-order valence-electron chi connectivity index (χ0n) is 10.8. The van der Waals surface area contributed by atoms with Crippen LogP contribution in [0.15, 0.2) is 12.5 Å². The molecule has 2 rings (SSSR count). The number of rotatable bonds is 4. The molecule has 1 atom stereocenters. The third-order valence-electron chi connectivity index (χ3n) is 3.23. The fraction of sp³-hybridized carbons (Fsp3) is 0.636. The molecule has 0 radical (unpaired) electrons. The minimum absolute atomic E-state index is 0.108. The van der Waals surface area contributed by atoms with E-state index in [-0.39, 0.29) is 18.4 Å². The molecule has 1 aliphatic heterocycles. The second-order valence-electron chi connectivity index (χ2n) is 4.75. The molecule has 0 saturated carbocycles. The van der Waals surface area contributed by atoms with Gasteiger partial charge in [0.15, 0.2) is 0 Å². The summed E-state index contributed by atoms with van der Waals surface area (Å²) in [6, 6.07) is 0. The van der Waals surface area contributed by atoms with E-state index >= 15 is 0 Å². The lowest BCUT2D eigenvalue weighted by atomic mass is 9.99. The van der Waals surface area contributed by atoms with Crippen LogP contribution in [0.1, 0.15) is 18.5 Å². The number of piperidine rings is 1. The summed E-state index contributed by atoms with van der Waals surface area (Å²) in [5, 5.41) is 2.80. The molecule has 1 unspecified atom stereocenters. The number of nitrogens with one attached hydrogen (secondary N) is 2. The van der Waals surface area contributed by atoms with Gasteiger partial charge in [0.2, 0.25) is 15.9 Å². The lowest BCUT2D eigenvalue weighted by Gasteiger charge is -2.30. The monoisotopic (exact) mass is 286 g/mol. The van der Waals surface area contributed by atoms with Crippen LogP contribution in [0.25, 0.3) is 0 Å². The second-order valence-corrected chi connectivity index (χ2v) is 6.74. The molecule has 1 saturated heterocycles. The number of aromatic nitrogens is 2. The van der Waals surface area contributed by atoms with Crippen molar-refractivity contribution in [3.63, 3.8) is 0 Å². The molecule has 106 valence electrons. The Balaban J connectivity index is 1.88. The molecule has 1 aliphatic rings. The normalized spacial score (nSPS) is 21.2. The Morgan fingerprint density at radius 2 is 2.42 bits per heavy atom. The van der Waals surface area contributed by atoms with E-state index in [1.807, 2.05) is 0 Å². The van der Waals surface area contributed by atoms with E-state index in [4.69, 9.17) is 0 Å². The van der Waals surface area contributed by atoms with Gasteiger partial charge in [-0.3, -0.25) is 4.79 Å². The standard InChI is InChI=1S/C11H18N4O3S/c1-19(17,18)15-4-2-3-9(7-15)11(16)13-6-10-5-12-8-14-10/h5,8-9H,2-4,6-7H2,1H3,(H,12,14)(H,13,16). The lowest BCUT2D eigenvalue weighted by Crippen LogP contribution is -2.44. The average molecular weight is 286 g/mol. The van der Waals surface area contributed by atoms with Gasteiger partial charge in [0.25, 0.3) is 0 Å². The SMILES string of the molecule is CS(=O)(=O)N1CCCC(C(=O)NCc2cnc[nH]2)C1. The van der Waals surface area contributed by atoms with Gasteiger partial charge < -0.3 is 10.3 Å². The van der Waals surface area contributed by atoms with Crippen LogP contribution >= 0.6 is 0 Å². The van der Waals surface area contributed by atoms with Crippen molar-refractivity contribution >= 4 is 15.9 Å². The Morgan fingerprint density at radius 1 is 1.63 bits per heavy atom. The highest BCUT2D eigenvalue weighted by Gasteiger charge is 2.29. The molecule has 2 N–H and O–H groups in total. The van der Waals surface area contributed by atoms with Gasteiger partial charge in [-0.15, -0.1) is 0 Å². The van der Waals surface area contributed by atoms with Crippen molar-refractivity contribution in [3.05, 3.63) is 18.2 Å². The first-order valence-electron chi connectivity index (χ1n) is 6.17. The summed E-state index contributed by atoms with van der Waals surface area (Å²) in [6.45, 7) is 1.16. The van der Waals surface area contributed by atoms with Crippen LogP contribution in [-0.2, 0) is 21.4 Å². The van der Waals surface area contributed by atoms with Crippen LogP contribution in [0.2, 0.25) is 0 Å². The number of aromatic amines is 1. The Labute approximate surface area is 112 Å². The third kappa shape index (κ3) is 3.77. The second kappa shape index (κ2) is 5.70. The van der Waals surface area contributed by atoms with Crippen molar-refractivity contribution in [1.82, 2.24) is 19.6 Å². The summed E-state index contributed by atoms with van der Waals surface area (Å²) >= 11 is 0. The van der Waals surface area contributed by atoms with Gasteiger partial charge in [0.05, 0.1) is 30.7 Å². The molecular weight excluding hydrogens is 268 g/mol. The van der Waals surface area contributed by atoms with E-state index in [1.165, 1.54) is 10.6 Å². The predicted octanol–water partition coefficient (Wildman–Crippen LogP) is -0.302. The number of H-pyrrole nitrogens is 1. The maximum Gasteiger partial charge on any atom is 0.224 e. The number of nitrogens with zero attached hydrogens (tertiary/aromatic N) is 2. The van der Waals surface area contributed by atoms with Crippen molar-refractivity contribution in [1.29, 1.82) is 0 Å². The van der Waals surface area contributed by atoms with E-state index < -0.39 is 10.0 Å². The number of sulfonamides is 1. The fourth-order valence-electron chi connectivity index (χ4n) is 2.17. The van der Waals surface area contributed by atoms with Crippen molar-refractivity contribution in [2.75, 3.05) is 19.3 Å². The Kier molecular flexibility index (Phi) is 4.20. The number of carbonyl (C=O) groups is 1. The maximum atomic E-state index is 12.0. The van der Waals surface area contributed by atoms with Crippen LogP contribution in [0.3, 0.4) is 0 Å². The van der Waals surface area contributed by atoms with Crippen LogP contribution in [0.5, 0.6) is 0 Å². The molecule has 7 nitrogen and oxygen atoms in total. The molecule has 19 heavy (non-hydrogen) atoms. The average Bonchev–Trinajstić information content (AvgIpc) is 2.88. The third-order valence-corrected chi connectivity index (χ3v) is 4.50. The molecule has 2 heterocycles. The molecule has 1 aromatic heterocycles. The molecular formula is C11H18N4O3S. The predicted molar refractivity (Wildman–Crippen MR) is 69.6 cm³/mol. The summed E-state index contributed by atoms with van der Waals surface area (Å²) in [4.78, 5) is 18.8. The number of amides is 1. The Bertz CT molecular complexity index is 526. The van der Waals surface area contributed by atoms with Crippen molar-refractivity contribution in [3.8, 4) is 0 Å². The van der Waals surface area contributed by atoms with E-state index in [0.29, 0.717) is 13.1 Å². The van der Waals surface area contributed by atoms with E-state index in [2.05, 4.69) is 15.3 Å². The van der Waals surface area contributed by atoms with Crippen LogP contribution in [-0.4, -0.2) is 47.9 Å². The zero-order valence-corrected chi connectivity index (χ0v) is 11.6. The van der Waals surface area contributed by atoms with Gasteiger partial charge in [0.1, 0.15) is 0 Å². The largest absolute Gasteiger partial charge is 0.350 e. The van der Waals surface area contributed by atoms with E-state index in [9.17, 15) is 13.2 Å². The number of hydrogen-bond acceptors (Lipinski definition) is 4. The highest BCUT2D eigenvalue weighted by molar-refractivity contribution is 7.88. The zero-order chi connectivity index (χ0) is 13.9. The number of hydrogen-bond donors (Lipinski definition) is 2. The molecule has 1 aromatic rings. The fourth-order valence-corrected chi connectivity index (χ4v) is 3.08. The van der Waals surface area contributed by atoms with Crippen molar-refractivity contribution in [2.24, 2.45) is 5.92 Å². The summed E-state index contributed by atoms with van der Waals surface area (Å²) in [5.41, 5.74) is 0.823. The first kappa shape index (κ1) is 14.0. The van der Waals surface area contributed by atoms with Gasteiger partial charge in [-0.05, 0) is 12.8 Å². The lowest BCUT2D eigenvalue weighted by molar-refractivity contribution is -0.126. The number of carbonyl (C=O) groups excluding carboxylic acids is 1. The molecule has 0 aromatic carbocycles. The quantitative estimate of drug-likeness (QED) is 0.794. The van der Waals surface area contributed by atoms with E-state index in [0.717, 1.165) is 18.5 Å². The number of imidazole rings is 1. The first-order chi connectivity index (χ1) is 8.97. The van der Waals surface area contributed by atoms with Gasteiger partial charge >= 0.3 is 0 Å². The van der Waals surface area contributed by atoms with Gasteiger partial charge in [-0.1, -0.05) is 0 Å². The van der Waals surface area contributed by atoms with Crippen LogP contribution in [0, 0.1) is 5.92 Å². The smallest absolute Gasteiger partial charge is 0.224 e. The Morgan fingerprint density at radius 3 is 3.05 bits per heavy atom. The minimum Gasteiger partial charge on any atom is -0.350 e.